The van der Waals surface area contributed by atoms with Crippen LogP contribution in [0.4, 0.5) is 0 Å². The van der Waals surface area contributed by atoms with Crippen LogP contribution in [0.15, 0.2) is 48.5 Å². The van der Waals surface area contributed by atoms with Gasteiger partial charge in [0.1, 0.15) is 6.61 Å². The summed E-state index contributed by atoms with van der Waals surface area (Å²) in [6.07, 6.45) is 2.60. The molecule has 0 bridgehead atoms. The normalized spacial score (nSPS) is 14.0. The number of hydrogen-bond acceptors (Lipinski definition) is 3. The first-order valence-electron chi connectivity index (χ1n) is 7.42. The lowest BCUT2D eigenvalue weighted by molar-refractivity contribution is 0.284. The minimum Gasteiger partial charge on any atom is -0.493 e. The zero-order chi connectivity index (χ0) is 14.5. The lowest BCUT2D eigenvalue weighted by atomic mass is 10.2. The fraction of sp³-hybridized carbons (Fsp3) is 0.333. The highest BCUT2D eigenvalue weighted by Gasteiger charge is 2.20. The van der Waals surface area contributed by atoms with Crippen molar-refractivity contribution in [3.8, 4) is 11.5 Å². The molecule has 0 radical (unpaired) electrons. The molecule has 1 aliphatic carbocycles. The third kappa shape index (κ3) is 3.99. The molecule has 0 aromatic heterocycles. The Morgan fingerprint density at radius 1 is 1.00 bits per heavy atom. The molecule has 3 nitrogen and oxygen atoms in total. The molecule has 0 amide bonds. The van der Waals surface area contributed by atoms with Crippen molar-refractivity contribution < 1.29 is 9.47 Å². The molecule has 0 spiro atoms. The van der Waals surface area contributed by atoms with Crippen molar-refractivity contribution >= 4 is 0 Å². The zero-order valence-corrected chi connectivity index (χ0v) is 12.3. The van der Waals surface area contributed by atoms with Gasteiger partial charge >= 0.3 is 0 Å². The average Bonchev–Trinajstić information content (AvgIpc) is 3.36. The maximum absolute atomic E-state index is 5.92. The van der Waals surface area contributed by atoms with Crippen LogP contribution in [0, 0.1) is 0 Å². The van der Waals surface area contributed by atoms with Crippen molar-refractivity contribution in [2.75, 3.05) is 7.11 Å². The summed E-state index contributed by atoms with van der Waals surface area (Å²) in [7, 11) is 1.67. The fourth-order valence-corrected chi connectivity index (χ4v) is 2.23. The number of rotatable bonds is 7. The SMILES string of the molecule is COc1ccc(CNC2CC2)cc1OCc1ccccc1. The molecule has 0 saturated heterocycles. The number of benzene rings is 2. The van der Waals surface area contributed by atoms with E-state index in [1.165, 1.54) is 18.4 Å². The summed E-state index contributed by atoms with van der Waals surface area (Å²) in [6, 6.07) is 17.0. The number of ether oxygens (including phenoxy) is 2. The predicted octanol–water partition coefficient (Wildman–Crippen LogP) is 3.53. The summed E-state index contributed by atoms with van der Waals surface area (Å²) in [4.78, 5) is 0. The van der Waals surface area contributed by atoms with Gasteiger partial charge in [0.05, 0.1) is 7.11 Å². The number of hydrogen-bond donors (Lipinski definition) is 1. The molecule has 3 rings (SSSR count). The minimum atomic E-state index is 0.552. The highest BCUT2D eigenvalue weighted by atomic mass is 16.5. The Bertz CT molecular complexity index is 579. The molecular weight excluding hydrogens is 262 g/mol. The van der Waals surface area contributed by atoms with Gasteiger partial charge in [-0.05, 0) is 36.1 Å². The lowest BCUT2D eigenvalue weighted by Crippen LogP contribution is -2.15. The Hall–Kier alpha value is -2.00. The van der Waals surface area contributed by atoms with Crippen LogP contribution in [0.2, 0.25) is 0 Å². The second-order valence-corrected chi connectivity index (χ2v) is 5.41. The van der Waals surface area contributed by atoms with Crippen LogP contribution in [0.1, 0.15) is 24.0 Å². The highest BCUT2D eigenvalue weighted by Crippen LogP contribution is 2.29. The van der Waals surface area contributed by atoms with Crippen molar-refractivity contribution in [3.63, 3.8) is 0 Å². The molecule has 1 N–H and O–H groups in total. The molecule has 0 atom stereocenters. The van der Waals surface area contributed by atoms with Crippen LogP contribution >= 0.6 is 0 Å². The maximum Gasteiger partial charge on any atom is 0.161 e. The summed E-state index contributed by atoms with van der Waals surface area (Å²) < 4.78 is 11.3. The molecule has 3 heteroatoms. The van der Waals surface area contributed by atoms with Crippen LogP contribution < -0.4 is 14.8 Å². The van der Waals surface area contributed by atoms with Crippen LogP contribution in [0.3, 0.4) is 0 Å². The first-order valence-corrected chi connectivity index (χ1v) is 7.42. The predicted molar refractivity (Wildman–Crippen MR) is 83.6 cm³/mol. The van der Waals surface area contributed by atoms with E-state index in [1.54, 1.807) is 7.11 Å². The van der Waals surface area contributed by atoms with Crippen molar-refractivity contribution in [3.05, 3.63) is 59.7 Å². The Kier molecular flexibility index (Phi) is 4.41. The van der Waals surface area contributed by atoms with Crippen molar-refractivity contribution in [2.45, 2.75) is 32.0 Å². The number of nitrogens with one attached hydrogen (secondary N) is 1. The van der Waals surface area contributed by atoms with Gasteiger partial charge in [0.15, 0.2) is 11.5 Å². The largest absolute Gasteiger partial charge is 0.493 e. The molecule has 2 aromatic carbocycles. The van der Waals surface area contributed by atoms with Gasteiger partial charge in [0.2, 0.25) is 0 Å². The quantitative estimate of drug-likeness (QED) is 0.843. The molecule has 1 fully saturated rings. The lowest BCUT2D eigenvalue weighted by Gasteiger charge is -2.13. The summed E-state index contributed by atoms with van der Waals surface area (Å²) in [6.45, 7) is 1.44. The van der Waals surface area contributed by atoms with Crippen LogP contribution in [0.5, 0.6) is 11.5 Å². The molecule has 2 aromatic rings. The zero-order valence-electron chi connectivity index (χ0n) is 12.3. The van der Waals surface area contributed by atoms with Crippen LogP contribution in [-0.4, -0.2) is 13.2 Å². The second kappa shape index (κ2) is 6.64. The van der Waals surface area contributed by atoms with E-state index in [1.807, 2.05) is 24.3 Å². The molecule has 0 unspecified atom stereocenters. The summed E-state index contributed by atoms with van der Waals surface area (Å²) in [5.41, 5.74) is 2.38. The fourth-order valence-electron chi connectivity index (χ4n) is 2.23. The molecule has 21 heavy (non-hydrogen) atoms. The van der Waals surface area contributed by atoms with E-state index in [-0.39, 0.29) is 0 Å². The molecule has 1 aliphatic rings. The smallest absolute Gasteiger partial charge is 0.161 e. The van der Waals surface area contributed by atoms with Gasteiger partial charge in [0.25, 0.3) is 0 Å². The van der Waals surface area contributed by atoms with Crippen LogP contribution in [0.25, 0.3) is 0 Å². The Labute approximate surface area is 125 Å². The minimum absolute atomic E-state index is 0.552. The van der Waals surface area contributed by atoms with E-state index in [4.69, 9.17) is 9.47 Å². The summed E-state index contributed by atoms with van der Waals surface area (Å²) in [5, 5.41) is 3.51. The summed E-state index contributed by atoms with van der Waals surface area (Å²) >= 11 is 0. The number of methoxy groups -OCH3 is 1. The van der Waals surface area contributed by atoms with E-state index in [0.717, 1.165) is 23.6 Å². The van der Waals surface area contributed by atoms with Gasteiger partial charge in [-0.15, -0.1) is 0 Å². The molecule has 0 heterocycles. The van der Waals surface area contributed by atoms with Gasteiger partial charge in [-0.3, -0.25) is 0 Å². The maximum atomic E-state index is 5.92. The van der Waals surface area contributed by atoms with Gasteiger partial charge in [-0.2, -0.15) is 0 Å². The topological polar surface area (TPSA) is 30.5 Å². The third-order valence-corrected chi connectivity index (χ3v) is 3.64. The molecule has 1 saturated carbocycles. The highest BCUT2D eigenvalue weighted by molar-refractivity contribution is 5.43. The van der Waals surface area contributed by atoms with E-state index >= 15 is 0 Å². The summed E-state index contributed by atoms with van der Waals surface area (Å²) in [5.74, 6) is 1.58. The van der Waals surface area contributed by atoms with Crippen LogP contribution in [-0.2, 0) is 13.2 Å². The first kappa shape index (κ1) is 14.0. The Balaban J connectivity index is 1.67. The van der Waals surface area contributed by atoms with Crippen molar-refractivity contribution in [1.29, 1.82) is 0 Å². The van der Waals surface area contributed by atoms with E-state index < -0.39 is 0 Å². The first-order chi connectivity index (χ1) is 10.3. The molecule has 0 aliphatic heterocycles. The van der Waals surface area contributed by atoms with Gasteiger partial charge < -0.3 is 14.8 Å². The monoisotopic (exact) mass is 283 g/mol. The molecule has 110 valence electrons. The second-order valence-electron chi connectivity index (χ2n) is 5.41. The van der Waals surface area contributed by atoms with E-state index in [0.29, 0.717) is 12.6 Å². The van der Waals surface area contributed by atoms with E-state index in [2.05, 4.69) is 29.6 Å². The average molecular weight is 283 g/mol. The Morgan fingerprint density at radius 3 is 2.52 bits per heavy atom. The van der Waals surface area contributed by atoms with Crippen molar-refractivity contribution in [2.24, 2.45) is 0 Å². The Morgan fingerprint density at radius 2 is 1.81 bits per heavy atom. The standard InChI is InChI=1S/C18H21NO2/c1-20-17-10-7-15(12-19-16-8-9-16)11-18(17)21-13-14-5-3-2-4-6-14/h2-7,10-11,16,19H,8-9,12-13H2,1H3. The van der Waals surface area contributed by atoms with Crippen molar-refractivity contribution in [1.82, 2.24) is 5.32 Å². The van der Waals surface area contributed by atoms with Gasteiger partial charge in [0, 0.05) is 12.6 Å². The van der Waals surface area contributed by atoms with Gasteiger partial charge in [-0.25, -0.2) is 0 Å². The van der Waals surface area contributed by atoms with E-state index in [9.17, 15) is 0 Å². The van der Waals surface area contributed by atoms with Gasteiger partial charge in [-0.1, -0.05) is 36.4 Å². The molecular formula is C18H21NO2. The third-order valence-electron chi connectivity index (χ3n) is 3.64.